The average Bonchev–Trinajstić information content (AvgIpc) is 3.58. The standard InChI is InChI=1S/C24H25F4N3O3/c1-13(15-5-4-6-16(9-15)24(26,27)28)29-22-17-10-18(34-12-23(11-32)7-8-23)21(33-3)19(25)20(17)30-14(2)31-22/h4-6,9-10,13,32H,7-8,11-12H2,1-3H3,(H,29,30,31)/t13-/m1/s1. The third-order valence-corrected chi connectivity index (χ3v) is 6.06. The van der Waals surface area contributed by atoms with E-state index in [-0.39, 0.29) is 47.3 Å². The van der Waals surface area contributed by atoms with Crippen molar-refractivity contribution in [1.29, 1.82) is 0 Å². The molecule has 0 aliphatic heterocycles. The SMILES string of the molecule is COc1c(OCC2(CO)CC2)cc2c(N[C@H](C)c3cccc(C(F)(F)F)c3)nc(C)nc2c1F. The van der Waals surface area contributed by atoms with Gasteiger partial charge in [-0.05, 0) is 50.5 Å². The summed E-state index contributed by atoms with van der Waals surface area (Å²) in [5.41, 5.74) is -0.701. The molecule has 34 heavy (non-hydrogen) atoms. The van der Waals surface area contributed by atoms with Gasteiger partial charge in [-0.15, -0.1) is 0 Å². The lowest BCUT2D eigenvalue weighted by molar-refractivity contribution is -0.137. The van der Waals surface area contributed by atoms with Crippen molar-refractivity contribution in [1.82, 2.24) is 9.97 Å². The number of aryl methyl sites for hydroxylation is 1. The number of benzene rings is 2. The van der Waals surface area contributed by atoms with E-state index in [1.165, 1.54) is 13.2 Å². The number of hydrogen-bond acceptors (Lipinski definition) is 6. The first-order valence-corrected chi connectivity index (χ1v) is 10.8. The average molecular weight is 479 g/mol. The molecule has 1 fully saturated rings. The van der Waals surface area contributed by atoms with Gasteiger partial charge in [-0.2, -0.15) is 13.2 Å². The number of nitrogens with zero attached hydrogens (tertiary/aromatic N) is 2. The Morgan fingerprint density at radius 1 is 1.21 bits per heavy atom. The van der Waals surface area contributed by atoms with E-state index in [0.29, 0.717) is 10.9 Å². The molecule has 0 radical (unpaired) electrons. The van der Waals surface area contributed by atoms with Crippen LogP contribution < -0.4 is 14.8 Å². The maximum absolute atomic E-state index is 15.4. The number of anilines is 1. The van der Waals surface area contributed by atoms with Gasteiger partial charge < -0.3 is 19.9 Å². The third kappa shape index (κ3) is 4.72. The summed E-state index contributed by atoms with van der Waals surface area (Å²) in [5, 5.41) is 12.9. The van der Waals surface area contributed by atoms with Crippen molar-refractivity contribution in [2.75, 3.05) is 25.6 Å². The minimum atomic E-state index is -4.46. The summed E-state index contributed by atoms with van der Waals surface area (Å²) in [6, 6.07) is 5.96. The predicted octanol–water partition coefficient (Wildman–Crippen LogP) is 5.43. The number of hydrogen-bond donors (Lipinski definition) is 2. The Hall–Kier alpha value is -3.14. The molecule has 0 bridgehead atoms. The Labute approximate surface area is 193 Å². The van der Waals surface area contributed by atoms with E-state index in [4.69, 9.17) is 9.47 Å². The van der Waals surface area contributed by atoms with Gasteiger partial charge in [0.1, 0.15) is 17.2 Å². The normalized spacial score (nSPS) is 15.8. The molecule has 1 aliphatic rings. The van der Waals surface area contributed by atoms with Crippen molar-refractivity contribution in [2.24, 2.45) is 5.41 Å². The molecule has 4 rings (SSSR count). The number of alkyl halides is 3. The molecule has 3 aromatic rings. The Bertz CT molecular complexity index is 1210. The van der Waals surface area contributed by atoms with E-state index in [0.717, 1.165) is 25.0 Å². The Morgan fingerprint density at radius 2 is 1.94 bits per heavy atom. The van der Waals surface area contributed by atoms with Crippen LogP contribution in [0.15, 0.2) is 30.3 Å². The molecular weight excluding hydrogens is 454 g/mol. The molecule has 2 aromatic carbocycles. The molecule has 0 saturated heterocycles. The van der Waals surface area contributed by atoms with Crippen molar-refractivity contribution < 1.29 is 32.1 Å². The molecule has 2 N–H and O–H groups in total. The van der Waals surface area contributed by atoms with E-state index >= 15 is 4.39 Å². The van der Waals surface area contributed by atoms with E-state index in [2.05, 4.69) is 15.3 Å². The highest BCUT2D eigenvalue weighted by molar-refractivity contribution is 5.92. The number of ether oxygens (including phenoxy) is 2. The largest absolute Gasteiger partial charge is 0.490 e. The highest BCUT2D eigenvalue weighted by Crippen LogP contribution is 2.46. The van der Waals surface area contributed by atoms with Crippen LogP contribution in [0.1, 0.15) is 42.8 Å². The second-order valence-electron chi connectivity index (χ2n) is 8.67. The van der Waals surface area contributed by atoms with Crippen molar-refractivity contribution in [3.8, 4) is 11.5 Å². The smallest absolute Gasteiger partial charge is 0.416 e. The van der Waals surface area contributed by atoms with Gasteiger partial charge >= 0.3 is 6.18 Å². The van der Waals surface area contributed by atoms with Gasteiger partial charge in [0.25, 0.3) is 0 Å². The summed E-state index contributed by atoms with van der Waals surface area (Å²) in [6.07, 6.45) is -2.84. The zero-order valence-electron chi connectivity index (χ0n) is 19.0. The van der Waals surface area contributed by atoms with Crippen LogP contribution in [-0.4, -0.2) is 35.4 Å². The van der Waals surface area contributed by atoms with Gasteiger partial charge in [0.05, 0.1) is 25.9 Å². The number of fused-ring (bicyclic) bond motifs is 1. The summed E-state index contributed by atoms with van der Waals surface area (Å²) in [6.45, 7) is 3.44. The second-order valence-corrected chi connectivity index (χ2v) is 8.67. The zero-order chi connectivity index (χ0) is 24.7. The van der Waals surface area contributed by atoms with Crippen molar-refractivity contribution in [2.45, 2.75) is 38.9 Å². The summed E-state index contributed by atoms with van der Waals surface area (Å²) < 4.78 is 65.8. The van der Waals surface area contributed by atoms with E-state index in [1.807, 2.05) is 0 Å². The molecule has 1 heterocycles. The first-order chi connectivity index (χ1) is 16.1. The number of aliphatic hydroxyl groups excluding tert-OH is 1. The van der Waals surface area contributed by atoms with Crippen LogP contribution in [0.4, 0.5) is 23.4 Å². The van der Waals surface area contributed by atoms with Crippen LogP contribution in [0.5, 0.6) is 11.5 Å². The number of aliphatic hydroxyl groups is 1. The fraction of sp³-hybridized carbons (Fsp3) is 0.417. The zero-order valence-corrected chi connectivity index (χ0v) is 19.0. The Morgan fingerprint density at radius 3 is 2.56 bits per heavy atom. The van der Waals surface area contributed by atoms with Gasteiger partial charge in [0, 0.05) is 16.8 Å². The molecular formula is C24H25F4N3O3. The maximum atomic E-state index is 15.4. The fourth-order valence-electron chi connectivity index (χ4n) is 3.73. The quantitative estimate of drug-likeness (QED) is 0.420. The van der Waals surface area contributed by atoms with E-state index in [1.54, 1.807) is 26.0 Å². The Balaban J connectivity index is 1.72. The highest BCUT2D eigenvalue weighted by atomic mass is 19.4. The molecule has 10 heteroatoms. The number of nitrogens with one attached hydrogen (secondary N) is 1. The number of rotatable bonds is 8. The molecule has 0 unspecified atom stereocenters. The summed E-state index contributed by atoms with van der Waals surface area (Å²) in [4.78, 5) is 8.56. The van der Waals surface area contributed by atoms with Gasteiger partial charge in [-0.25, -0.2) is 14.4 Å². The van der Waals surface area contributed by atoms with Crippen LogP contribution in [0.3, 0.4) is 0 Å². The van der Waals surface area contributed by atoms with E-state index in [9.17, 15) is 18.3 Å². The number of halogens is 4. The first-order valence-electron chi connectivity index (χ1n) is 10.8. The lowest BCUT2D eigenvalue weighted by atomic mass is 10.0. The molecule has 0 spiro atoms. The molecule has 0 amide bonds. The molecule has 1 atom stereocenters. The summed E-state index contributed by atoms with van der Waals surface area (Å²) in [5.74, 6) is -0.185. The Kier molecular flexibility index (Phi) is 6.28. The van der Waals surface area contributed by atoms with Crippen LogP contribution in [0, 0.1) is 18.2 Å². The second kappa shape index (κ2) is 8.90. The fourth-order valence-corrected chi connectivity index (χ4v) is 3.73. The minimum Gasteiger partial charge on any atom is -0.490 e. The topological polar surface area (TPSA) is 76.5 Å². The van der Waals surface area contributed by atoms with Crippen LogP contribution in [-0.2, 0) is 6.18 Å². The van der Waals surface area contributed by atoms with Gasteiger partial charge in [-0.1, -0.05) is 12.1 Å². The van der Waals surface area contributed by atoms with Crippen molar-refractivity contribution in [3.05, 3.63) is 53.1 Å². The summed E-state index contributed by atoms with van der Waals surface area (Å²) >= 11 is 0. The molecule has 1 aliphatic carbocycles. The predicted molar refractivity (Wildman–Crippen MR) is 119 cm³/mol. The number of aromatic nitrogens is 2. The lowest BCUT2D eigenvalue weighted by Crippen LogP contribution is -2.17. The first kappa shape index (κ1) is 24.0. The van der Waals surface area contributed by atoms with Crippen molar-refractivity contribution >= 4 is 16.7 Å². The van der Waals surface area contributed by atoms with Gasteiger partial charge in [0.15, 0.2) is 17.3 Å². The van der Waals surface area contributed by atoms with Crippen LogP contribution >= 0.6 is 0 Å². The highest BCUT2D eigenvalue weighted by Gasteiger charge is 2.43. The molecule has 6 nitrogen and oxygen atoms in total. The maximum Gasteiger partial charge on any atom is 0.416 e. The minimum absolute atomic E-state index is 0.00117. The molecule has 1 saturated carbocycles. The number of methoxy groups -OCH3 is 1. The van der Waals surface area contributed by atoms with E-state index < -0.39 is 23.6 Å². The van der Waals surface area contributed by atoms with Gasteiger partial charge in [0.2, 0.25) is 0 Å². The lowest BCUT2D eigenvalue weighted by Gasteiger charge is -2.20. The monoisotopic (exact) mass is 479 g/mol. The van der Waals surface area contributed by atoms with Gasteiger partial charge in [-0.3, -0.25) is 0 Å². The molecule has 1 aromatic heterocycles. The third-order valence-electron chi connectivity index (χ3n) is 6.06. The van der Waals surface area contributed by atoms with Crippen molar-refractivity contribution in [3.63, 3.8) is 0 Å². The summed E-state index contributed by atoms with van der Waals surface area (Å²) in [7, 11) is 1.32. The van der Waals surface area contributed by atoms with Crippen LogP contribution in [0.2, 0.25) is 0 Å². The van der Waals surface area contributed by atoms with Crippen LogP contribution in [0.25, 0.3) is 10.9 Å². The molecule has 182 valence electrons.